The predicted molar refractivity (Wildman–Crippen MR) is 72.3 cm³/mol. The number of hydrogen-bond donors (Lipinski definition) is 2. The lowest BCUT2D eigenvalue weighted by molar-refractivity contribution is 0.348. The van der Waals surface area contributed by atoms with Crippen LogP contribution in [0.2, 0.25) is 0 Å². The molecule has 2 rings (SSSR count). The second-order valence-electron chi connectivity index (χ2n) is 4.77. The lowest BCUT2D eigenvalue weighted by Crippen LogP contribution is -2.39. The summed E-state index contributed by atoms with van der Waals surface area (Å²) in [6.45, 7) is 2.89. The molecule has 1 aromatic carbocycles. The van der Waals surface area contributed by atoms with Crippen LogP contribution in [0.25, 0.3) is 0 Å². The third-order valence-corrected chi connectivity index (χ3v) is 3.58. The van der Waals surface area contributed by atoms with E-state index < -0.39 is 0 Å². The summed E-state index contributed by atoms with van der Waals surface area (Å²) in [4.78, 5) is 0. The van der Waals surface area contributed by atoms with Crippen molar-refractivity contribution < 1.29 is 9.47 Å². The van der Waals surface area contributed by atoms with Crippen molar-refractivity contribution in [1.29, 1.82) is 0 Å². The Morgan fingerprint density at radius 1 is 1.28 bits per heavy atom. The van der Waals surface area contributed by atoms with E-state index in [1.165, 1.54) is 11.1 Å². The van der Waals surface area contributed by atoms with E-state index in [-0.39, 0.29) is 0 Å². The van der Waals surface area contributed by atoms with Crippen LogP contribution >= 0.6 is 0 Å². The number of rotatable bonds is 4. The number of fused-ring (bicyclic) bond motifs is 1. The highest BCUT2D eigenvalue weighted by atomic mass is 16.5. The molecule has 100 valence electrons. The Balaban J connectivity index is 2.34. The summed E-state index contributed by atoms with van der Waals surface area (Å²) in [6, 6.07) is 4.94. The monoisotopic (exact) mass is 250 g/mol. The fourth-order valence-corrected chi connectivity index (χ4v) is 2.67. The van der Waals surface area contributed by atoms with Gasteiger partial charge >= 0.3 is 0 Å². The average Bonchev–Trinajstić information content (AvgIpc) is 2.37. The van der Waals surface area contributed by atoms with E-state index in [0.29, 0.717) is 18.6 Å². The molecule has 1 aromatic rings. The molecule has 0 radical (unpaired) electrons. The molecule has 0 spiro atoms. The fourth-order valence-electron chi connectivity index (χ4n) is 2.67. The van der Waals surface area contributed by atoms with E-state index in [1.54, 1.807) is 14.2 Å². The normalized spacial score (nSPS) is 22.4. The van der Waals surface area contributed by atoms with Gasteiger partial charge in [-0.3, -0.25) is 0 Å². The molecular weight excluding hydrogens is 228 g/mol. The molecule has 0 saturated carbocycles. The summed E-state index contributed by atoms with van der Waals surface area (Å²) in [6.07, 6.45) is 2.00. The van der Waals surface area contributed by atoms with Crippen molar-refractivity contribution in [1.82, 2.24) is 5.32 Å². The largest absolute Gasteiger partial charge is 0.493 e. The lowest BCUT2D eigenvalue weighted by atomic mass is 9.89. The van der Waals surface area contributed by atoms with Crippen LogP contribution < -0.4 is 20.5 Å². The summed E-state index contributed by atoms with van der Waals surface area (Å²) < 4.78 is 10.7. The highest BCUT2D eigenvalue weighted by molar-refractivity contribution is 5.49. The van der Waals surface area contributed by atoms with Gasteiger partial charge in [0.15, 0.2) is 11.5 Å². The van der Waals surface area contributed by atoms with Crippen LogP contribution in [0.5, 0.6) is 11.5 Å². The zero-order valence-electron chi connectivity index (χ0n) is 11.3. The Labute approximate surface area is 108 Å². The van der Waals surface area contributed by atoms with Crippen molar-refractivity contribution in [2.45, 2.75) is 31.8 Å². The standard InChI is InChI=1S/C14H22N2O2/c1-9-12-8-14(18-3)13(17-2)7-10(12)6-11(16-9)4-5-15/h7-9,11,16H,4-6,15H2,1-3H3. The van der Waals surface area contributed by atoms with Crippen LogP contribution in [-0.2, 0) is 6.42 Å². The first-order chi connectivity index (χ1) is 8.69. The summed E-state index contributed by atoms with van der Waals surface area (Å²) in [5.74, 6) is 1.60. The number of benzene rings is 1. The Kier molecular flexibility index (Phi) is 4.09. The zero-order chi connectivity index (χ0) is 13.1. The van der Waals surface area contributed by atoms with Gasteiger partial charge < -0.3 is 20.5 Å². The fraction of sp³-hybridized carbons (Fsp3) is 0.571. The van der Waals surface area contributed by atoms with Crippen LogP contribution in [0.4, 0.5) is 0 Å². The predicted octanol–water partition coefficient (Wildman–Crippen LogP) is 1.63. The smallest absolute Gasteiger partial charge is 0.161 e. The third-order valence-electron chi connectivity index (χ3n) is 3.58. The minimum Gasteiger partial charge on any atom is -0.493 e. The summed E-state index contributed by atoms with van der Waals surface area (Å²) in [5, 5.41) is 3.59. The van der Waals surface area contributed by atoms with Gasteiger partial charge in [-0.1, -0.05) is 0 Å². The van der Waals surface area contributed by atoms with E-state index in [2.05, 4.69) is 24.4 Å². The molecule has 1 aliphatic rings. The maximum absolute atomic E-state index is 5.64. The highest BCUT2D eigenvalue weighted by Crippen LogP contribution is 2.36. The molecule has 0 saturated heterocycles. The molecule has 18 heavy (non-hydrogen) atoms. The molecule has 0 aromatic heterocycles. The minimum absolute atomic E-state index is 0.324. The first-order valence-electron chi connectivity index (χ1n) is 6.40. The minimum atomic E-state index is 0.324. The number of methoxy groups -OCH3 is 2. The van der Waals surface area contributed by atoms with Gasteiger partial charge in [0, 0.05) is 12.1 Å². The van der Waals surface area contributed by atoms with Crippen molar-refractivity contribution in [2.24, 2.45) is 5.73 Å². The first-order valence-corrected chi connectivity index (χ1v) is 6.40. The molecule has 0 aliphatic carbocycles. The Morgan fingerprint density at radius 2 is 1.94 bits per heavy atom. The number of ether oxygens (including phenoxy) is 2. The van der Waals surface area contributed by atoms with E-state index in [4.69, 9.17) is 15.2 Å². The van der Waals surface area contributed by atoms with Gasteiger partial charge in [0.25, 0.3) is 0 Å². The summed E-state index contributed by atoms with van der Waals surface area (Å²) in [5.41, 5.74) is 8.27. The quantitative estimate of drug-likeness (QED) is 0.852. The van der Waals surface area contributed by atoms with Gasteiger partial charge in [0.05, 0.1) is 14.2 Å². The van der Waals surface area contributed by atoms with Gasteiger partial charge in [-0.05, 0) is 49.6 Å². The van der Waals surface area contributed by atoms with Crippen molar-refractivity contribution >= 4 is 0 Å². The van der Waals surface area contributed by atoms with Crippen LogP contribution in [0, 0.1) is 0 Å². The van der Waals surface area contributed by atoms with Crippen LogP contribution in [-0.4, -0.2) is 26.8 Å². The molecule has 2 atom stereocenters. The average molecular weight is 250 g/mol. The van der Waals surface area contributed by atoms with Gasteiger partial charge in [-0.15, -0.1) is 0 Å². The Morgan fingerprint density at radius 3 is 2.56 bits per heavy atom. The summed E-state index contributed by atoms with van der Waals surface area (Å²) in [7, 11) is 3.34. The first kappa shape index (κ1) is 13.2. The van der Waals surface area contributed by atoms with Crippen molar-refractivity contribution in [3.63, 3.8) is 0 Å². The Hall–Kier alpha value is -1.26. The number of hydrogen-bond acceptors (Lipinski definition) is 4. The van der Waals surface area contributed by atoms with Crippen LogP contribution in [0.3, 0.4) is 0 Å². The van der Waals surface area contributed by atoms with Gasteiger partial charge in [-0.25, -0.2) is 0 Å². The number of nitrogens with one attached hydrogen (secondary N) is 1. The van der Waals surface area contributed by atoms with Crippen molar-refractivity contribution in [3.8, 4) is 11.5 Å². The molecule has 4 heteroatoms. The van der Waals surface area contributed by atoms with E-state index >= 15 is 0 Å². The molecule has 1 heterocycles. The van der Waals surface area contributed by atoms with Gasteiger partial charge in [0.2, 0.25) is 0 Å². The van der Waals surface area contributed by atoms with Crippen molar-refractivity contribution in [3.05, 3.63) is 23.3 Å². The van der Waals surface area contributed by atoms with E-state index in [1.807, 2.05) is 0 Å². The topological polar surface area (TPSA) is 56.5 Å². The second kappa shape index (κ2) is 5.59. The maximum Gasteiger partial charge on any atom is 0.161 e. The summed E-state index contributed by atoms with van der Waals surface area (Å²) >= 11 is 0. The van der Waals surface area contributed by atoms with E-state index in [0.717, 1.165) is 24.3 Å². The molecular formula is C14H22N2O2. The molecule has 1 aliphatic heterocycles. The highest BCUT2D eigenvalue weighted by Gasteiger charge is 2.24. The SMILES string of the molecule is COc1cc2c(cc1OC)C(C)NC(CCN)C2. The zero-order valence-corrected chi connectivity index (χ0v) is 11.3. The molecule has 0 bridgehead atoms. The van der Waals surface area contributed by atoms with Gasteiger partial charge in [0.1, 0.15) is 0 Å². The molecule has 0 amide bonds. The van der Waals surface area contributed by atoms with E-state index in [9.17, 15) is 0 Å². The maximum atomic E-state index is 5.64. The molecule has 4 nitrogen and oxygen atoms in total. The number of nitrogens with two attached hydrogens (primary N) is 1. The molecule has 0 fully saturated rings. The second-order valence-corrected chi connectivity index (χ2v) is 4.77. The molecule has 2 unspecified atom stereocenters. The van der Waals surface area contributed by atoms with Crippen LogP contribution in [0.1, 0.15) is 30.5 Å². The third kappa shape index (κ3) is 2.44. The molecule has 3 N–H and O–H groups in total. The van der Waals surface area contributed by atoms with Crippen molar-refractivity contribution in [2.75, 3.05) is 20.8 Å². The van der Waals surface area contributed by atoms with Gasteiger partial charge in [-0.2, -0.15) is 0 Å². The van der Waals surface area contributed by atoms with Crippen LogP contribution in [0.15, 0.2) is 12.1 Å². The Bertz CT molecular complexity index is 421. The lowest BCUT2D eigenvalue weighted by Gasteiger charge is -2.32.